The van der Waals surface area contributed by atoms with E-state index in [1.165, 1.54) is 0 Å². The maximum absolute atomic E-state index is 5.58. The Balaban J connectivity index is 3.05. The Labute approximate surface area is 106 Å². The van der Waals surface area contributed by atoms with E-state index in [1.54, 1.807) is 6.26 Å². The maximum atomic E-state index is 5.58. The van der Waals surface area contributed by atoms with Gasteiger partial charge in [-0.2, -0.15) is 0 Å². The molecule has 0 aliphatic rings. The molecule has 0 aliphatic heterocycles. The van der Waals surface area contributed by atoms with Crippen molar-refractivity contribution in [1.82, 2.24) is 10.2 Å². The Bertz CT molecular complexity index is 334. The van der Waals surface area contributed by atoms with Crippen molar-refractivity contribution >= 4 is 15.9 Å². The van der Waals surface area contributed by atoms with E-state index < -0.39 is 0 Å². The van der Waals surface area contributed by atoms with Crippen LogP contribution in [0.2, 0.25) is 0 Å². The number of rotatable bonds is 5. The fraction of sp³-hybridized carbons (Fsp3) is 0.667. The van der Waals surface area contributed by atoms with Crippen molar-refractivity contribution in [2.45, 2.75) is 32.4 Å². The normalized spacial score (nSPS) is 14.4. The zero-order valence-electron chi connectivity index (χ0n) is 10.7. The maximum Gasteiger partial charge on any atom is 0.136 e. The van der Waals surface area contributed by atoms with Crippen molar-refractivity contribution in [2.24, 2.45) is 0 Å². The third kappa shape index (κ3) is 2.67. The molecule has 1 atom stereocenters. The van der Waals surface area contributed by atoms with Gasteiger partial charge in [-0.1, -0.05) is 6.92 Å². The van der Waals surface area contributed by atoms with Crippen molar-refractivity contribution in [3.8, 4) is 0 Å². The zero-order chi connectivity index (χ0) is 12.3. The summed E-state index contributed by atoms with van der Waals surface area (Å²) in [5, 5.41) is 3.48. The van der Waals surface area contributed by atoms with Crippen LogP contribution in [0.15, 0.2) is 21.2 Å². The van der Waals surface area contributed by atoms with Gasteiger partial charge in [-0.15, -0.1) is 0 Å². The number of nitrogens with one attached hydrogen (secondary N) is 1. The van der Waals surface area contributed by atoms with E-state index in [0.717, 1.165) is 16.8 Å². The van der Waals surface area contributed by atoms with Gasteiger partial charge in [0, 0.05) is 5.54 Å². The molecule has 0 radical (unpaired) electrons. The average molecular weight is 289 g/mol. The SMILES string of the molecule is CCNC(c1occc1Br)C(C)(C)N(C)C. The van der Waals surface area contributed by atoms with E-state index in [4.69, 9.17) is 4.42 Å². The molecule has 1 heterocycles. The first kappa shape index (κ1) is 13.7. The minimum absolute atomic E-state index is 0.0175. The van der Waals surface area contributed by atoms with Gasteiger partial charge in [0.25, 0.3) is 0 Å². The van der Waals surface area contributed by atoms with Crippen LogP contribution < -0.4 is 5.32 Å². The van der Waals surface area contributed by atoms with Crippen molar-refractivity contribution in [1.29, 1.82) is 0 Å². The van der Waals surface area contributed by atoms with E-state index in [2.05, 4.69) is 61.0 Å². The lowest BCUT2D eigenvalue weighted by molar-refractivity contribution is 0.125. The van der Waals surface area contributed by atoms with E-state index in [1.807, 2.05) is 6.07 Å². The minimum atomic E-state index is -0.0175. The number of hydrogen-bond acceptors (Lipinski definition) is 3. The Kier molecular flexibility index (Phi) is 4.59. The molecule has 1 N–H and O–H groups in total. The van der Waals surface area contributed by atoms with Crippen LogP contribution in [-0.2, 0) is 0 Å². The Morgan fingerprint density at radius 1 is 1.50 bits per heavy atom. The van der Waals surface area contributed by atoms with Crippen LogP contribution in [0.4, 0.5) is 0 Å². The summed E-state index contributed by atoms with van der Waals surface area (Å²) in [5.41, 5.74) is -0.0175. The van der Waals surface area contributed by atoms with Crippen molar-refractivity contribution < 1.29 is 4.42 Å². The molecular weight excluding hydrogens is 268 g/mol. The smallest absolute Gasteiger partial charge is 0.136 e. The molecule has 1 aromatic heterocycles. The Morgan fingerprint density at radius 2 is 2.12 bits per heavy atom. The van der Waals surface area contributed by atoms with Crippen LogP contribution in [0.1, 0.15) is 32.6 Å². The first-order valence-corrected chi connectivity index (χ1v) is 6.34. The van der Waals surface area contributed by atoms with Gasteiger partial charge < -0.3 is 14.6 Å². The van der Waals surface area contributed by atoms with Crippen LogP contribution in [0.25, 0.3) is 0 Å². The molecule has 0 aromatic carbocycles. The standard InChI is InChI=1S/C12H21BrN2O/c1-6-14-11(12(2,3)15(4)5)10-9(13)7-8-16-10/h7-8,11,14H,6H2,1-5H3. The highest BCUT2D eigenvalue weighted by atomic mass is 79.9. The number of halogens is 1. The lowest BCUT2D eigenvalue weighted by Gasteiger charge is -2.39. The molecule has 0 saturated carbocycles. The van der Waals surface area contributed by atoms with Gasteiger partial charge in [-0.25, -0.2) is 0 Å². The first-order chi connectivity index (χ1) is 7.41. The molecule has 92 valence electrons. The summed E-state index contributed by atoms with van der Waals surface area (Å²) in [6, 6.07) is 2.10. The topological polar surface area (TPSA) is 28.4 Å². The van der Waals surface area contributed by atoms with Crippen LogP contribution in [0, 0.1) is 0 Å². The third-order valence-corrected chi connectivity index (χ3v) is 3.83. The monoisotopic (exact) mass is 288 g/mol. The van der Waals surface area contributed by atoms with Crippen molar-refractivity contribution in [3.05, 3.63) is 22.6 Å². The van der Waals surface area contributed by atoms with Gasteiger partial charge in [0.2, 0.25) is 0 Å². The number of furan rings is 1. The van der Waals surface area contributed by atoms with Crippen molar-refractivity contribution in [3.63, 3.8) is 0 Å². The lowest BCUT2D eigenvalue weighted by Crippen LogP contribution is -2.49. The summed E-state index contributed by atoms with van der Waals surface area (Å²) in [6.45, 7) is 7.43. The Hall–Kier alpha value is -0.320. The molecule has 4 heteroatoms. The minimum Gasteiger partial charge on any atom is -0.466 e. The molecule has 1 unspecified atom stereocenters. The summed E-state index contributed by atoms with van der Waals surface area (Å²) in [7, 11) is 4.17. The molecule has 1 rings (SSSR count). The highest BCUT2D eigenvalue weighted by Crippen LogP contribution is 2.34. The second-order valence-electron chi connectivity index (χ2n) is 4.67. The van der Waals surface area contributed by atoms with Crippen LogP contribution in [-0.4, -0.2) is 31.1 Å². The highest BCUT2D eigenvalue weighted by Gasteiger charge is 2.35. The van der Waals surface area contributed by atoms with E-state index in [9.17, 15) is 0 Å². The quantitative estimate of drug-likeness (QED) is 0.903. The second kappa shape index (κ2) is 5.34. The fourth-order valence-corrected chi connectivity index (χ4v) is 2.07. The van der Waals surface area contributed by atoms with Gasteiger partial charge in [-0.3, -0.25) is 0 Å². The molecular formula is C12H21BrN2O. The molecule has 0 fully saturated rings. The number of hydrogen-bond donors (Lipinski definition) is 1. The fourth-order valence-electron chi connectivity index (χ4n) is 1.64. The van der Waals surface area contributed by atoms with Gasteiger partial charge >= 0.3 is 0 Å². The predicted molar refractivity (Wildman–Crippen MR) is 70.6 cm³/mol. The predicted octanol–water partition coefficient (Wildman–Crippen LogP) is 3.03. The number of nitrogens with zero attached hydrogens (tertiary/aromatic N) is 1. The molecule has 16 heavy (non-hydrogen) atoms. The van der Waals surface area contributed by atoms with Gasteiger partial charge in [-0.05, 0) is 56.5 Å². The van der Waals surface area contributed by atoms with Crippen molar-refractivity contribution in [2.75, 3.05) is 20.6 Å². The van der Waals surface area contributed by atoms with E-state index in [-0.39, 0.29) is 11.6 Å². The summed E-state index contributed by atoms with van der Waals surface area (Å²) >= 11 is 3.53. The summed E-state index contributed by atoms with van der Waals surface area (Å²) in [4.78, 5) is 2.20. The summed E-state index contributed by atoms with van der Waals surface area (Å²) < 4.78 is 6.60. The summed E-state index contributed by atoms with van der Waals surface area (Å²) in [5.74, 6) is 0.959. The Morgan fingerprint density at radius 3 is 2.50 bits per heavy atom. The lowest BCUT2D eigenvalue weighted by atomic mass is 9.91. The molecule has 0 bridgehead atoms. The second-order valence-corrected chi connectivity index (χ2v) is 5.53. The zero-order valence-corrected chi connectivity index (χ0v) is 12.3. The van der Waals surface area contributed by atoms with Gasteiger partial charge in [0.05, 0.1) is 16.8 Å². The molecule has 0 spiro atoms. The van der Waals surface area contributed by atoms with Crippen LogP contribution in [0.3, 0.4) is 0 Å². The molecule has 3 nitrogen and oxygen atoms in total. The molecule has 0 amide bonds. The average Bonchev–Trinajstić information content (AvgIpc) is 2.60. The van der Waals surface area contributed by atoms with E-state index in [0.29, 0.717) is 0 Å². The largest absolute Gasteiger partial charge is 0.466 e. The van der Waals surface area contributed by atoms with Gasteiger partial charge in [0.1, 0.15) is 5.76 Å². The van der Waals surface area contributed by atoms with E-state index >= 15 is 0 Å². The van der Waals surface area contributed by atoms with Crippen LogP contribution >= 0.6 is 15.9 Å². The molecule has 1 aromatic rings. The third-order valence-electron chi connectivity index (χ3n) is 3.17. The number of likely N-dealkylation sites (N-methyl/N-ethyl adjacent to an activating group) is 2. The van der Waals surface area contributed by atoms with Crippen LogP contribution in [0.5, 0.6) is 0 Å². The first-order valence-electron chi connectivity index (χ1n) is 5.55. The molecule has 0 aliphatic carbocycles. The van der Waals surface area contributed by atoms with Gasteiger partial charge in [0.15, 0.2) is 0 Å². The summed E-state index contributed by atoms with van der Waals surface area (Å²) in [6.07, 6.45) is 1.72. The highest BCUT2D eigenvalue weighted by molar-refractivity contribution is 9.10. The molecule has 0 saturated heterocycles.